The van der Waals surface area contributed by atoms with Crippen LogP contribution in [0.4, 0.5) is 5.69 Å². The second-order valence-electron chi connectivity index (χ2n) is 10.2. The van der Waals surface area contributed by atoms with Gasteiger partial charge in [0.15, 0.2) is 5.82 Å². The average Bonchev–Trinajstić information content (AvgIpc) is 3.63. The number of benzene rings is 1. The summed E-state index contributed by atoms with van der Waals surface area (Å²) in [7, 11) is 3.79. The van der Waals surface area contributed by atoms with E-state index in [-0.39, 0.29) is 5.91 Å². The van der Waals surface area contributed by atoms with Crippen molar-refractivity contribution in [1.29, 1.82) is 0 Å². The van der Waals surface area contributed by atoms with Gasteiger partial charge in [-0.25, -0.2) is 4.98 Å². The number of nitrogens with zero attached hydrogens (tertiary/aromatic N) is 8. The Kier molecular flexibility index (Phi) is 6.24. The summed E-state index contributed by atoms with van der Waals surface area (Å²) in [5.41, 5.74) is 5.68. The van der Waals surface area contributed by atoms with Gasteiger partial charge in [-0.3, -0.25) is 14.4 Å². The van der Waals surface area contributed by atoms with Crippen LogP contribution in [0.2, 0.25) is 0 Å². The molecule has 10 nitrogen and oxygen atoms in total. The number of carbonyl (C=O) groups is 1. The highest BCUT2D eigenvalue weighted by atomic mass is 16.1. The molecule has 0 saturated carbocycles. The number of anilines is 1. The van der Waals surface area contributed by atoms with Gasteiger partial charge < -0.3 is 14.3 Å². The molecule has 194 valence electrons. The van der Waals surface area contributed by atoms with Crippen molar-refractivity contribution < 1.29 is 4.79 Å². The topological polar surface area (TPSA) is 98.2 Å². The van der Waals surface area contributed by atoms with E-state index in [0.717, 1.165) is 47.8 Å². The summed E-state index contributed by atoms with van der Waals surface area (Å²) in [5.74, 6) is 1.24. The minimum absolute atomic E-state index is 0.189. The summed E-state index contributed by atoms with van der Waals surface area (Å²) in [6.07, 6.45) is 11.7. The van der Waals surface area contributed by atoms with Crippen LogP contribution in [-0.4, -0.2) is 57.8 Å². The molecule has 1 N–H and O–H groups in total. The lowest BCUT2D eigenvalue weighted by molar-refractivity contribution is 0.102. The molecular formula is C28H31N9O. The van der Waals surface area contributed by atoms with Crippen molar-refractivity contribution >= 4 is 17.2 Å². The first-order valence-corrected chi connectivity index (χ1v) is 12.9. The standard InChI is InChI=1S/C28H31N9O/c1-19-6-5-10-36(15-19)16-20-12-23(26-29-9-11-37(26)17-20)28(38)32-22-8-4-7-21(13-22)25-24(14-31-35(25)3)27-33-30-18-34(27)2/h4,7-9,11-14,17-19H,5-6,10,15-16H2,1-3H3,(H,32,38)/t19-/m0/s1. The second-order valence-corrected chi connectivity index (χ2v) is 10.2. The summed E-state index contributed by atoms with van der Waals surface area (Å²) in [6, 6.07) is 9.75. The number of aromatic nitrogens is 7. The zero-order valence-electron chi connectivity index (χ0n) is 21.9. The van der Waals surface area contributed by atoms with E-state index in [0.29, 0.717) is 22.8 Å². The number of pyridine rings is 1. The third kappa shape index (κ3) is 4.58. The minimum Gasteiger partial charge on any atom is -0.322 e. The maximum absolute atomic E-state index is 13.6. The van der Waals surface area contributed by atoms with Crippen molar-refractivity contribution in [3.05, 3.63) is 72.6 Å². The number of hydrogen-bond acceptors (Lipinski definition) is 6. The Bertz CT molecular complexity index is 1610. The highest BCUT2D eigenvalue weighted by molar-refractivity contribution is 6.08. The van der Waals surface area contributed by atoms with Crippen LogP contribution in [0.1, 0.15) is 35.7 Å². The Morgan fingerprint density at radius 3 is 2.92 bits per heavy atom. The lowest BCUT2D eigenvalue weighted by atomic mass is 10.00. The lowest BCUT2D eigenvalue weighted by Gasteiger charge is -2.30. The predicted molar refractivity (Wildman–Crippen MR) is 145 cm³/mol. The van der Waals surface area contributed by atoms with E-state index in [9.17, 15) is 4.79 Å². The summed E-state index contributed by atoms with van der Waals surface area (Å²) >= 11 is 0. The van der Waals surface area contributed by atoms with Crippen LogP contribution >= 0.6 is 0 Å². The minimum atomic E-state index is -0.189. The van der Waals surface area contributed by atoms with Gasteiger partial charge in [-0.1, -0.05) is 19.1 Å². The van der Waals surface area contributed by atoms with Gasteiger partial charge in [0, 0.05) is 57.0 Å². The normalized spacial score (nSPS) is 16.2. The van der Waals surface area contributed by atoms with Crippen LogP contribution < -0.4 is 5.32 Å². The molecule has 0 radical (unpaired) electrons. The molecule has 10 heteroatoms. The summed E-state index contributed by atoms with van der Waals surface area (Å²) < 4.78 is 5.61. The third-order valence-corrected chi connectivity index (χ3v) is 7.22. The first-order valence-electron chi connectivity index (χ1n) is 12.9. The van der Waals surface area contributed by atoms with Crippen molar-refractivity contribution in [2.75, 3.05) is 18.4 Å². The number of rotatable bonds is 6. The largest absolute Gasteiger partial charge is 0.322 e. The number of amides is 1. The van der Waals surface area contributed by atoms with Crippen LogP contribution in [0.25, 0.3) is 28.3 Å². The fourth-order valence-electron chi connectivity index (χ4n) is 5.45. The zero-order valence-corrected chi connectivity index (χ0v) is 21.9. The molecule has 0 unspecified atom stereocenters. The molecule has 4 aromatic heterocycles. The number of nitrogens with one attached hydrogen (secondary N) is 1. The number of hydrogen-bond donors (Lipinski definition) is 1. The van der Waals surface area contributed by atoms with E-state index in [1.54, 1.807) is 18.7 Å². The number of aryl methyl sites for hydroxylation is 2. The lowest BCUT2D eigenvalue weighted by Crippen LogP contribution is -2.33. The molecule has 6 rings (SSSR count). The summed E-state index contributed by atoms with van der Waals surface area (Å²) in [4.78, 5) is 20.5. The maximum atomic E-state index is 13.6. The molecule has 0 aliphatic carbocycles. The molecule has 38 heavy (non-hydrogen) atoms. The van der Waals surface area contributed by atoms with Crippen molar-refractivity contribution in [3.8, 4) is 22.6 Å². The van der Waals surface area contributed by atoms with E-state index in [1.807, 2.05) is 64.3 Å². The van der Waals surface area contributed by atoms with Crippen molar-refractivity contribution in [1.82, 2.24) is 38.8 Å². The smallest absolute Gasteiger partial charge is 0.259 e. The third-order valence-electron chi connectivity index (χ3n) is 7.22. The van der Waals surface area contributed by atoms with Gasteiger partial charge in [0.05, 0.1) is 23.0 Å². The fraction of sp³-hybridized carbons (Fsp3) is 0.321. The first-order chi connectivity index (χ1) is 18.5. The number of imidazole rings is 1. The number of piperidine rings is 1. The van der Waals surface area contributed by atoms with Gasteiger partial charge >= 0.3 is 0 Å². The Hall–Kier alpha value is -4.31. The van der Waals surface area contributed by atoms with E-state index < -0.39 is 0 Å². The van der Waals surface area contributed by atoms with Gasteiger partial charge in [0.1, 0.15) is 12.0 Å². The van der Waals surface area contributed by atoms with Crippen LogP contribution in [-0.2, 0) is 20.6 Å². The monoisotopic (exact) mass is 509 g/mol. The quantitative estimate of drug-likeness (QED) is 0.371. The second kappa shape index (κ2) is 9.86. The van der Waals surface area contributed by atoms with Gasteiger partial charge in [-0.05, 0) is 49.1 Å². The molecule has 1 fully saturated rings. The number of carbonyl (C=O) groups excluding carboxylic acids is 1. The highest BCUT2D eigenvalue weighted by Crippen LogP contribution is 2.32. The molecule has 0 bridgehead atoms. The molecule has 0 spiro atoms. The number of likely N-dealkylation sites (tertiary alicyclic amines) is 1. The summed E-state index contributed by atoms with van der Waals surface area (Å²) in [6.45, 7) is 5.30. The molecule has 1 amide bonds. The van der Waals surface area contributed by atoms with E-state index in [4.69, 9.17) is 0 Å². The van der Waals surface area contributed by atoms with Crippen LogP contribution in [0.15, 0.2) is 61.4 Å². The predicted octanol–water partition coefficient (Wildman–Crippen LogP) is 4.01. The molecule has 5 aromatic rings. The van der Waals surface area contributed by atoms with Crippen molar-refractivity contribution in [3.63, 3.8) is 0 Å². The summed E-state index contributed by atoms with van der Waals surface area (Å²) in [5, 5.41) is 15.8. The van der Waals surface area contributed by atoms with E-state index in [1.165, 1.54) is 12.8 Å². The zero-order chi connectivity index (χ0) is 26.2. The van der Waals surface area contributed by atoms with Gasteiger partial charge in [0.25, 0.3) is 5.91 Å². The van der Waals surface area contributed by atoms with Crippen LogP contribution in [0.3, 0.4) is 0 Å². The molecule has 1 aromatic carbocycles. The molecule has 1 aliphatic rings. The fourth-order valence-corrected chi connectivity index (χ4v) is 5.45. The Balaban J connectivity index is 1.29. The SMILES string of the molecule is C[C@H]1CCCN(Cc2cc(C(=O)Nc3cccc(-c4c(-c5nncn5C)cnn4C)c3)c3nccn3c2)C1. The van der Waals surface area contributed by atoms with Gasteiger partial charge in [0.2, 0.25) is 0 Å². The van der Waals surface area contributed by atoms with Crippen LogP contribution in [0.5, 0.6) is 0 Å². The van der Waals surface area contributed by atoms with E-state index >= 15 is 0 Å². The maximum Gasteiger partial charge on any atom is 0.259 e. The average molecular weight is 510 g/mol. The molecule has 1 atom stereocenters. The molecule has 5 heterocycles. The van der Waals surface area contributed by atoms with Gasteiger partial charge in [-0.15, -0.1) is 10.2 Å². The Morgan fingerprint density at radius 2 is 2.11 bits per heavy atom. The van der Waals surface area contributed by atoms with Crippen molar-refractivity contribution in [2.24, 2.45) is 20.0 Å². The molecule has 1 aliphatic heterocycles. The van der Waals surface area contributed by atoms with Crippen LogP contribution in [0, 0.1) is 5.92 Å². The Labute approximate surface area is 220 Å². The molecule has 1 saturated heterocycles. The molecular weight excluding hydrogens is 478 g/mol. The van der Waals surface area contributed by atoms with Crippen molar-refractivity contribution in [2.45, 2.75) is 26.3 Å². The Morgan fingerprint density at radius 1 is 1.21 bits per heavy atom. The highest BCUT2D eigenvalue weighted by Gasteiger charge is 2.20. The van der Waals surface area contributed by atoms with E-state index in [2.05, 4.69) is 43.6 Å². The number of fused-ring (bicyclic) bond motifs is 1. The first kappa shape index (κ1) is 24.1. The van der Waals surface area contributed by atoms with Gasteiger partial charge in [-0.2, -0.15) is 5.10 Å².